The fourth-order valence-corrected chi connectivity index (χ4v) is 4.33. The van der Waals surface area contributed by atoms with Crippen LogP contribution in [-0.2, 0) is 5.79 Å². The molecule has 1 heterocycles. The molecule has 0 unspecified atom stereocenters. The average Bonchev–Trinajstić information content (AvgIpc) is 3.11. The van der Waals surface area contributed by atoms with Gasteiger partial charge >= 0.3 is 11.9 Å². The Kier molecular flexibility index (Phi) is 6.56. The van der Waals surface area contributed by atoms with Gasteiger partial charge in [-0.25, -0.2) is 9.18 Å². The van der Waals surface area contributed by atoms with Crippen molar-refractivity contribution in [2.24, 2.45) is 0 Å². The highest BCUT2D eigenvalue weighted by atomic mass is 35.5. The second-order valence-electron chi connectivity index (χ2n) is 7.18. The molecule has 10 heteroatoms. The SMILES string of the molecule is CCN(C)C(=O)Oc1cc2c(cc1F)OC(c1ccc(Cl)cc1Cl)(c1ccc(Cl)cc1Cl)O2. The van der Waals surface area contributed by atoms with Crippen LogP contribution in [0.15, 0.2) is 48.5 Å². The minimum atomic E-state index is -1.68. The van der Waals surface area contributed by atoms with Crippen LogP contribution >= 0.6 is 46.4 Å². The Labute approximate surface area is 209 Å². The van der Waals surface area contributed by atoms with E-state index in [1.165, 1.54) is 30.1 Å². The molecule has 4 rings (SSSR count). The number of amides is 1. The Morgan fingerprint density at radius 2 is 1.45 bits per heavy atom. The number of ether oxygens (including phenoxy) is 3. The molecule has 0 spiro atoms. The van der Waals surface area contributed by atoms with Gasteiger partial charge in [0.05, 0.1) is 21.2 Å². The van der Waals surface area contributed by atoms with E-state index in [9.17, 15) is 9.18 Å². The van der Waals surface area contributed by atoms with Crippen LogP contribution in [0, 0.1) is 5.82 Å². The highest BCUT2D eigenvalue weighted by Crippen LogP contribution is 2.52. The number of benzene rings is 3. The molecule has 0 saturated carbocycles. The lowest BCUT2D eigenvalue weighted by Gasteiger charge is -2.30. The van der Waals surface area contributed by atoms with E-state index in [2.05, 4.69) is 0 Å². The number of halogens is 5. The maximum absolute atomic E-state index is 14.8. The second-order valence-corrected chi connectivity index (χ2v) is 8.87. The number of hydrogen-bond acceptors (Lipinski definition) is 4. The summed E-state index contributed by atoms with van der Waals surface area (Å²) in [5, 5.41) is 1.27. The molecular formula is C23H16Cl4FNO4. The summed E-state index contributed by atoms with van der Waals surface area (Å²) in [6, 6.07) is 11.8. The molecule has 0 N–H and O–H groups in total. The van der Waals surface area contributed by atoms with Gasteiger partial charge in [-0.3, -0.25) is 0 Å². The van der Waals surface area contributed by atoms with Crippen LogP contribution in [0.5, 0.6) is 17.2 Å². The Morgan fingerprint density at radius 3 is 1.94 bits per heavy atom. The van der Waals surface area contributed by atoms with Crippen molar-refractivity contribution >= 4 is 52.5 Å². The van der Waals surface area contributed by atoms with Crippen LogP contribution in [0.25, 0.3) is 0 Å². The van der Waals surface area contributed by atoms with E-state index in [0.717, 1.165) is 6.07 Å². The molecule has 0 bridgehead atoms. The molecule has 3 aromatic carbocycles. The monoisotopic (exact) mass is 529 g/mol. The fraction of sp³-hybridized carbons (Fsp3) is 0.174. The van der Waals surface area contributed by atoms with Crippen molar-refractivity contribution in [2.45, 2.75) is 12.7 Å². The van der Waals surface area contributed by atoms with Crippen molar-refractivity contribution in [3.63, 3.8) is 0 Å². The molecule has 0 saturated heterocycles. The van der Waals surface area contributed by atoms with Crippen molar-refractivity contribution in [3.8, 4) is 17.2 Å². The summed E-state index contributed by atoms with van der Waals surface area (Å²) in [7, 11) is 1.53. The van der Waals surface area contributed by atoms with Gasteiger partial charge in [0.2, 0.25) is 0 Å². The van der Waals surface area contributed by atoms with Gasteiger partial charge < -0.3 is 19.1 Å². The van der Waals surface area contributed by atoms with Crippen molar-refractivity contribution in [2.75, 3.05) is 13.6 Å². The minimum absolute atomic E-state index is 0.0631. The molecule has 1 aliphatic heterocycles. The van der Waals surface area contributed by atoms with E-state index in [1.807, 2.05) is 0 Å². The normalized spacial score (nSPS) is 13.7. The van der Waals surface area contributed by atoms with E-state index in [1.54, 1.807) is 31.2 Å². The van der Waals surface area contributed by atoms with E-state index < -0.39 is 17.7 Å². The summed E-state index contributed by atoms with van der Waals surface area (Å²) in [6.07, 6.45) is -0.719. The average molecular weight is 531 g/mol. The van der Waals surface area contributed by atoms with Crippen LogP contribution < -0.4 is 14.2 Å². The van der Waals surface area contributed by atoms with E-state index in [0.29, 0.717) is 27.7 Å². The number of nitrogens with zero attached hydrogens (tertiary/aromatic N) is 1. The van der Waals surface area contributed by atoms with Gasteiger partial charge in [-0.2, -0.15) is 0 Å². The number of hydrogen-bond donors (Lipinski definition) is 0. The van der Waals surface area contributed by atoms with Crippen LogP contribution in [0.4, 0.5) is 9.18 Å². The second kappa shape index (κ2) is 9.11. The molecule has 0 fully saturated rings. The summed E-state index contributed by atoms with van der Waals surface area (Å²) < 4.78 is 32.3. The van der Waals surface area contributed by atoms with Crippen molar-refractivity contribution < 1.29 is 23.4 Å². The first-order chi connectivity index (χ1) is 15.6. The highest BCUT2D eigenvalue weighted by molar-refractivity contribution is 6.36. The molecule has 0 aliphatic carbocycles. The first kappa shape index (κ1) is 23.8. The third kappa shape index (κ3) is 4.41. The molecule has 3 aromatic rings. The lowest BCUT2D eigenvalue weighted by atomic mass is 9.97. The van der Waals surface area contributed by atoms with Crippen LogP contribution in [0.3, 0.4) is 0 Å². The van der Waals surface area contributed by atoms with Crippen molar-refractivity contribution in [1.82, 2.24) is 4.90 Å². The van der Waals surface area contributed by atoms with Gasteiger partial charge in [0.1, 0.15) is 0 Å². The van der Waals surface area contributed by atoms with Crippen molar-refractivity contribution in [1.29, 1.82) is 0 Å². The molecule has 1 amide bonds. The van der Waals surface area contributed by atoms with Crippen LogP contribution in [0.1, 0.15) is 18.1 Å². The summed E-state index contributed by atoms with van der Waals surface area (Å²) in [6.45, 7) is 2.15. The molecule has 1 aliphatic rings. The van der Waals surface area contributed by atoms with Gasteiger partial charge in [-0.15, -0.1) is 0 Å². The van der Waals surface area contributed by atoms with Gasteiger partial charge in [-0.1, -0.05) is 46.4 Å². The summed E-state index contributed by atoms with van der Waals surface area (Å²) >= 11 is 25.1. The Balaban J connectivity index is 1.84. The fourth-order valence-electron chi connectivity index (χ4n) is 3.26. The molecule has 0 atom stereocenters. The van der Waals surface area contributed by atoms with Crippen molar-refractivity contribution in [3.05, 3.63) is 85.6 Å². The molecule has 5 nitrogen and oxygen atoms in total. The third-order valence-electron chi connectivity index (χ3n) is 5.06. The van der Waals surface area contributed by atoms with Gasteiger partial charge in [0, 0.05) is 35.8 Å². The predicted octanol–water partition coefficient (Wildman–Crippen LogP) is 7.56. The maximum atomic E-state index is 14.8. The summed E-state index contributed by atoms with van der Waals surface area (Å²) in [5.74, 6) is -2.62. The third-order valence-corrected chi connectivity index (χ3v) is 6.16. The summed E-state index contributed by atoms with van der Waals surface area (Å²) in [5.41, 5.74) is 0.748. The van der Waals surface area contributed by atoms with Gasteiger partial charge in [0.15, 0.2) is 23.1 Å². The van der Waals surface area contributed by atoms with Crippen LogP contribution in [-0.4, -0.2) is 24.6 Å². The number of carbonyl (C=O) groups is 1. The molecule has 0 aromatic heterocycles. The van der Waals surface area contributed by atoms with E-state index in [4.69, 9.17) is 60.6 Å². The Morgan fingerprint density at radius 1 is 0.939 bits per heavy atom. The van der Waals surface area contributed by atoms with E-state index in [-0.39, 0.29) is 27.3 Å². The zero-order chi connectivity index (χ0) is 23.9. The molecule has 33 heavy (non-hydrogen) atoms. The topological polar surface area (TPSA) is 48.0 Å². The lowest BCUT2D eigenvalue weighted by molar-refractivity contribution is -0.0457. The van der Waals surface area contributed by atoms with Gasteiger partial charge in [-0.05, 0) is 43.3 Å². The predicted molar refractivity (Wildman–Crippen MR) is 126 cm³/mol. The van der Waals surface area contributed by atoms with Gasteiger partial charge in [0.25, 0.3) is 0 Å². The van der Waals surface area contributed by atoms with E-state index >= 15 is 0 Å². The first-order valence-electron chi connectivity index (χ1n) is 9.70. The zero-order valence-electron chi connectivity index (χ0n) is 17.3. The quantitative estimate of drug-likeness (QED) is 0.349. The lowest BCUT2D eigenvalue weighted by Crippen LogP contribution is -2.37. The highest BCUT2D eigenvalue weighted by Gasteiger charge is 2.48. The molecule has 172 valence electrons. The summed E-state index contributed by atoms with van der Waals surface area (Å²) in [4.78, 5) is 13.4. The molecular weight excluding hydrogens is 515 g/mol. The largest absolute Gasteiger partial charge is 0.440 e. The Hall–Kier alpha value is -2.38. The number of fused-ring (bicyclic) bond motifs is 1. The number of rotatable bonds is 4. The first-order valence-corrected chi connectivity index (χ1v) is 11.2. The molecule has 0 radical (unpaired) electrons. The standard InChI is InChI=1S/C23H16Cl4FNO4/c1-3-29(2)22(30)31-19-11-21-20(10-18(19)28)32-23(33-21,14-6-4-12(24)8-16(14)26)15-7-5-13(25)9-17(15)27/h4-11H,3H2,1-2H3. The minimum Gasteiger partial charge on any atom is -0.440 e. The van der Waals surface area contributed by atoms with Crippen LogP contribution in [0.2, 0.25) is 20.1 Å². The smallest absolute Gasteiger partial charge is 0.415 e. The number of carbonyl (C=O) groups excluding carboxylic acids is 1. The maximum Gasteiger partial charge on any atom is 0.415 e. The Bertz CT molecular complexity index is 1200. The zero-order valence-corrected chi connectivity index (χ0v) is 20.3.